The number of hydrogen-bond acceptors (Lipinski definition) is 5. The normalized spacial score (nSPS) is 13.5. The molecule has 10 heteroatoms. The van der Waals surface area contributed by atoms with Crippen molar-refractivity contribution in [3.05, 3.63) is 72.3 Å². The minimum Gasteiger partial charge on any atom is -0.495 e. The summed E-state index contributed by atoms with van der Waals surface area (Å²) in [5.74, 6) is 0.367. The number of urea groups is 1. The van der Waals surface area contributed by atoms with Crippen LogP contribution >= 0.6 is 0 Å². The largest absolute Gasteiger partial charge is 0.495 e. The number of rotatable bonds is 9. The lowest BCUT2D eigenvalue weighted by atomic mass is 10.1. The lowest BCUT2D eigenvalue weighted by Crippen LogP contribution is -2.29. The highest BCUT2D eigenvalue weighted by Gasteiger charge is 2.28. The van der Waals surface area contributed by atoms with Gasteiger partial charge in [-0.05, 0) is 42.2 Å². The number of amides is 2. The van der Waals surface area contributed by atoms with Crippen LogP contribution in [0.5, 0.6) is 5.75 Å². The van der Waals surface area contributed by atoms with Crippen molar-refractivity contribution in [2.45, 2.75) is 36.9 Å². The van der Waals surface area contributed by atoms with Gasteiger partial charge in [-0.15, -0.1) is 0 Å². The Labute approximate surface area is 186 Å². The lowest BCUT2D eigenvalue weighted by molar-refractivity contribution is 0.251. The fraction of sp³-hybridized carbons (Fsp3) is 0.273. The van der Waals surface area contributed by atoms with Gasteiger partial charge in [0.2, 0.25) is 10.0 Å². The van der Waals surface area contributed by atoms with Crippen molar-refractivity contribution in [2.24, 2.45) is 0 Å². The molecule has 1 fully saturated rings. The van der Waals surface area contributed by atoms with Crippen LogP contribution < -0.4 is 20.1 Å². The molecule has 3 aromatic rings. The van der Waals surface area contributed by atoms with Gasteiger partial charge in [0.05, 0.1) is 24.0 Å². The Morgan fingerprint density at radius 3 is 2.66 bits per heavy atom. The molecule has 2 aromatic carbocycles. The molecule has 1 heterocycles. The zero-order valence-electron chi connectivity index (χ0n) is 17.6. The molecule has 168 valence electrons. The Bertz CT molecular complexity index is 1190. The SMILES string of the molecule is COc1ccc(S(=O)(=O)NC2CC2)cc1NC(=O)NCc1ccccc1Cn1ccnc1. The number of anilines is 1. The van der Waals surface area contributed by atoms with E-state index in [9.17, 15) is 13.2 Å². The zero-order valence-corrected chi connectivity index (χ0v) is 18.4. The number of methoxy groups -OCH3 is 1. The summed E-state index contributed by atoms with van der Waals surface area (Å²) >= 11 is 0. The summed E-state index contributed by atoms with van der Waals surface area (Å²) in [5.41, 5.74) is 2.30. The molecule has 0 bridgehead atoms. The van der Waals surface area contributed by atoms with Crippen LogP contribution in [0.4, 0.5) is 10.5 Å². The first-order chi connectivity index (χ1) is 15.4. The predicted octanol–water partition coefficient (Wildman–Crippen LogP) is 2.70. The fourth-order valence-electron chi connectivity index (χ4n) is 3.24. The van der Waals surface area contributed by atoms with Crippen LogP contribution in [0.2, 0.25) is 0 Å². The summed E-state index contributed by atoms with van der Waals surface area (Å²) in [6.07, 6.45) is 7.01. The van der Waals surface area contributed by atoms with Gasteiger partial charge >= 0.3 is 6.03 Å². The van der Waals surface area contributed by atoms with Crippen molar-refractivity contribution in [1.29, 1.82) is 0 Å². The molecule has 1 aliphatic carbocycles. The van der Waals surface area contributed by atoms with Gasteiger partial charge in [0.25, 0.3) is 0 Å². The summed E-state index contributed by atoms with van der Waals surface area (Å²) in [6.45, 7) is 0.946. The van der Waals surface area contributed by atoms with Crippen LogP contribution in [0, 0.1) is 0 Å². The van der Waals surface area contributed by atoms with Gasteiger partial charge in [0.1, 0.15) is 5.75 Å². The summed E-state index contributed by atoms with van der Waals surface area (Å²) < 4.78 is 34.9. The number of hydrogen-bond donors (Lipinski definition) is 3. The van der Waals surface area contributed by atoms with Crippen LogP contribution in [0.1, 0.15) is 24.0 Å². The first-order valence-corrected chi connectivity index (χ1v) is 11.7. The maximum atomic E-state index is 12.6. The van der Waals surface area contributed by atoms with Crippen LogP contribution in [-0.4, -0.2) is 37.2 Å². The van der Waals surface area contributed by atoms with Gasteiger partial charge in [0.15, 0.2) is 0 Å². The summed E-state index contributed by atoms with van der Waals surface area (Å²) in [4.78, 5) is 16.7. The van der Waals surface area contributed by atoms with Gasteiger partial charge in [-0.1, -0.05) is 24.3 Å². The van der Waals surface area contributed by atoms with E-state index >= 15 is 0 Å². The zero-order chi connectivity index (χ0) is 22.6. The van der Waals surface area contributed by atoms with Crippen LogP contribution in [0.3, 0.4) is 0 Å². The highest BCUT2D eigenvalue weighted by atomic mass is 32.2. The molecular weight excluding hydrogens is 430 g/mol. The number of nitrogens with zero attached hydrogens (tertiary/aromatic N) is 2. The molecule has 0 unspecified atom stereocenters. The molecule has 1 aliphatic rings. The van der Waals surface area contributed by atoms with Gasteiger partial charge in [0, 0.05) is 31.5 Å². The van der Waals surface area contributed by atoms with Crippen LogP contribution in [0.25, 0.3) is 0 Å². The van der Waals surface area contributed by atoms with Crippen LogP contribution in [-0.2, 0) is 23.1 Å². The third-order valence-electron chi connectivity index (χ3n) is 5.10. The molecule has 32 heavy (non-hydrogen) atoms. The first-order valence-electron chi connectivity index (χ1n) is 10.2. The number of carbonyl (C=O) groups is 1. The number of carbonyl (C=O) groups excluding carboxylic acids is 1. The molecule has 0 aliphatic heterocycles. The minimum absolute atomic E-state index is 0.0100. The monoisotopic (exact) mass is 455 g/mol. The highest BCUT2D eigenvalue weighted by molar-refractivity contribution is 7.89. The molecule has 0 atom stereocenters. The lowest BCUT2D eigenvalue weighted by Gasteiger charge is -2.14. The van der Waals surface area contributed by atoms with Gasteiger partial charge in [-0.25, -0.2) is 22.9 Å². The van der Waals surface area contributed by atoms with E-state index in [0.717, 1.165) is 24.0 Å². The number of sulfonamides is 1. The Balaban J connectivity index is 1.43. The maximum Gasteiger partial charge on any atom is 0.319 e. The average molecular weight is 456 g/mol. The minimum atomic E-state index is -3.65. The van der Waals surface area contributed by atoms with E-state index in [1.54, 1.807) is 12.5 Å². The second-order valence-corrected chi connectivity index (χ2v) is 9.28. The molecule has 1 saturated carbocycles. The number of benzene rings is 2. The van der Waals surface area contributed by atoms with Crippen molar-refractivity contribution >= 4 is 21.7 Å². The summed E-state index contributed by atoms with van der Waals surface area (Å²) in [7, 11) is -2.19. The van der Waals surface area contributed by atoms with Gasteiger partial charge in [-0.2, -0.15) is 0 Å². The van der Waals surface area contributed by atoms with E-state index in [2.05, 4.69) is 20.3 Å². The molecule has 1 aromatic heterocycles. The molecule has 2 amide bonds. The number of nitrogens with one attached hydrogen (secondary N) is 3. The van der Waals surface area contributed by atoms with Gasteiger partial charge in [-0.3, -0.25) is 0 Å². The molecule has 9 nitrogen and oxygen atoms in total. The van der Waals surface area contributed by atoms with E-state index in [4.69, 9.17) is 4.74 Å². The van der Waals surface area contributed by atoms with Crippen LogP contribution in [0.15, 0.2) is 66.1 Å². The second kappa shape index (κ2) is 9.41. The first kappa shape index (κ1) is 21.8. The van der Waals surface area contributed by atoms with Crippen molar-refractivity contribution < 1.29 is 17.9 Å². The van der Waals surface area contributed by atoms with Crippen molar-refractivity contribution in [2.75, 3.05) is 12.4 Å². The van der Waals surface area contributed by atoms with Crippen molar-refractivity contribution in [3.8, 4) is 5.75 Å². The molecule has 3 N–H and O–H groups in total. The quantitative estimate of drug-likeness (QED) is 0.459. The molecular formula is C22H25N5O4S. The second-order valence-electron chi connectivity index (χ2n) is 7.57. The van der Waals surface area contributed by atoms with Crippen molar-refractivity contribution in [1.82, 2.24) is 19.6 Å². The third-order valence-corrected chi connectivity index (χ3v) is 6.62. The maximum absolute atomic E-state index is 12.6. The number of ether oxygens (including phenoxy) is 1. The van der Waals surface area contributed by atoms with E-state index in [1.165, 1.54) is 25.3 Å². The van der Waals surface area contributed by atoms with E-state index in [-0.39, 0.29) is 16.6 Å². The molecule has 0 spiro atoms. The smallest absolute Gasteiger partial charge is 0.319 e. The Morgan fingerprint density at radius 1 is 1.19 bits per heavy atom. The van der Waals surface area contributed by atoms with E-state index in [0.29, 0.717) is 18.8 Å². The van der Waals surface area contributed by atoms with Gasteiger partial charge < -0.3 is 19.9 Å². The standard InChI is InChI=1S/C22H25N5O4S/c1-31-21-9-8-19(32(29,30)26-18-6-7-18)12-20(21)25-22(28)24-13-16-4-2-3-5-17(16)14-27-11-10-23-15-27/h2-5,8-12,15,18,26H,6-7,13-14H2,1H3,(H2,24,25,28). The summed E-state index contributed by atoms with van der Waals surface area (Å²) in [6, 6.07) is 11.7. The Morgan fingerprint density at radius 2 is 1.97 bits per heavy atom. The van der Waals surface area contributed by atoms with Crippen molar-refractivity contribution in [3.63, 3.8) is 0 Å². The topological polar surface area (TPSA) is 114 Å². The summed E-state index contributed by atoms with van der Waals surface area (Å²) in [5, 5.41) is 5.52. The molecule has 4 rings (SSSR count). The van der Waals surface area contributed by atoms with E-state index < -0.39 is 16.1 Å². The number of aromatic nitrogens is 2. The number of imidazole rings is 1. The predicted molar refractivity (Wildman–Crippen MR) is 120 cm³/mol. The van der Waals surface area contributed by atoms with E-state index in [1.807, 2.05) is 35.0 Å². The molecule has 0 radical (unpaired) electrons. The average Bonchev–Trinajstić information content (AvgIpc) is 3.43. The third kappa shape index (κ3) is 5.45. The Hall–Kier alpha value is -3.37. The Kier molecular flexibility index (Phi) is 6.42. The molecule has 0 saturated heterocycles. The fourth-order valence-corrected chi connectivity index (χ4v) is 4.57. The highest BCUT2D eigenvalue weighted by Crippen LogP contribution is 2.29.